The highest BCUT2D eigenvalue weighted by atomic mass is 19.3. The van der Waals surface area contributed by atoms with Gasteiger partial charge in [0.2, 0.25) is 0 Å². The minimum absolute atomic E-state index is 0.105. The number of benzene rings is 1. The Morgan fingerprint density at radius 2 is 2.00 bits per heavy atom. The van der Waals surface area contributed by atoms with E-state index in [1.165, 1.54) is 10.7 Å². The molecule has 5 rings (SSSR count). The van der Waals surface area contributed by atoms with E-state index in [0.29, 0.717) is 35.6 Å². The highest BCUT2D eigenvalue weighted by molar-refractivity contribution is 5.89. The maximum Gasteiger partial charge on any atom is 0.297 e. The van der Waals surface area contributed by atoms with Crippen LogP contribution in [0, 0.1) is 0 Å². The van der Waals surface area contributed by atoms with E-state index in [1.807, 2.05) is 17.0 Å². The fraction of sp³-hybridized carbons (Fsp3) is 0.286. The molecule has 1 atom stereocenters. The third-order valence-electron chi connectivity index (χ3n) is 5.45. The molecule has 0 radical (unpaired) electrons. The van der Waals surface area contributed by atoms with Crippen LogP contribution in [0.3, 0.4) is 0 Å². The van der Waals surface area contributed by atoms with Gasteiger partial charge in [-0.05, 0) is 31.0 Å². The van der Waals surface area contributed by atoms with Crippen molar-refractivity contribution in [1.29, 1.82) is 0 Å². The zero-order valence-corrected chi connectivity index (χ0v) is 16.5. The molecule has 3 aromatic heterocycles. The van der Waals surface area contributed by atoms with E-state index in [1.54, 1.807) is 41.5 Å². The van der Waals surface area contributed by atoms with Gasteiger partial charge in [-0.1, -0.05) is 12.1 Å². The van der Waals surface area contributed by atoms with Crippen LogP contribution in [0.2, 0.25) is 0 Å². The van der Waals surface area contributed by atoms with Crippen molar-refractivity contribution < 1.29 is 8.78 Å². The molecule has 0 amide bonds. The maximum atomic E-state index is 13.4. The van der Waals surface area contributed by atoms with Crippen molar-refractivity contribution in [2.75, 3.05) is 11.4 Å². The highest BCUT2D eigenvalue weighted by Gasteiger charge is 2.29. The van der Waals surface area contributed by atoms with E-state index >= 15 is 0 Å². The van der Waals surface area contributed by atoms with Gasteiger partial charge in [-0.2, -0.15) is 5.10 Å². The summed E-state index contributed by atoms with van der Waals surface area (Å²) in [5.74, 6) is 0.563. The van der Waals surface area contributed by atoms with Crippen LogP contribution in [0.25, 0.3) is 16.7 Å². The normalized spacial score (nSPS) is 16.5. The van der Waals surface area contributed by atoms with Crippen LogP contribution in [0.5, 0.6) is 0 Å². The number of para-hydroxylation sites is 1. The fourth-order valence-corrected chi connectivity index (χ4v) is 4.00. The topological polar surface area (TPSA) is 81.7 Å². The van der Waals surface area contributed by atoms with Crippen molar-refractivity contribution in [2.24, 2.45) is 0 Å². The summed E-state index contributed by atoms with van der Waals surface area (Å²) >= 11 is 0. The molecule has 4 heterocycles. The Hall–Kier alpha value is -3.69. The Morgan fingerprint density at radius 1 is 1.13 bits per heavy atom. The fourth-order valence-electron chi connectivity index (χ4n) is 4.00. The van der Waals surface area contributed by atoms with Crippen molar-refractivity contribution in [3.8, 4) is 5.82 Å². The van der Waals surface area contributed by atoms with E-state index in [2.05, 4.69) is 20.1 Å². The number of nitrogens with zero attached hydrogens (tertiary/aromatic N) is 7. The first kappa shape index (κ1) is 19.3. The van der Waals surface area contributed by atoms with Crippen molar-refractivity contribution in [1.82, 2.24) is 29.3 Å². The van der Waals surface area contributed by atoms with Gasteiger partial charge >= 0.3 is 0 Å². The Morgan fingerprint density at radius 3 is 2.81 bits per heavy atom. The number of alkyl halides is 2. The summed E-state index contributed by atoms with van der Waals surface area (Å²) in [4.78, 5) is 26.7. The lowest BCUT2D eigenvalue weighted by Gasteiger charge is -2.27. The summed E-state index contributed by atoms with van der Waals surface area (Å²) in [5, 5.41) is 5.18. The second-order valence-corrected chi connectivity index (χ2v) is 7.39. The molecule has 0 saturated carbocycles. The number of hydrogen-bond acceptors (Lipinski definition) is 6. The standard InChI is InChI=1S/C21H19F2N7O/c22-19(23)20-25-16-6-2-1-5-15(16)21(26-20)29-10-3-4-14(29)12-30-18(31)8-7-17(27-30)28-11-9-24-13-28/h1-2,5-9,11,13-14,19H,3-4,10,12H2. The number of imidazole rings is 1. The van der Waals surface area contributed by atoms with Gasteiger partial charge in [0.1, 0.15) is 12.1 Å². The zero-order valence-electron chi connectivity index (χ0n) is 16.5. The summed E-state index contributed by atoms with van der Waals surface area (Å²) in [6.45, 7) is 0.980. The van der Waals surface area contributed by atoms with Crippen molar-refractivity contribution in [3.63, 3.8) is 0 Å². The molecule has 0 bridgehead atoms. The molecule has 10 heteroatoms. The third kappa shape index (κ3) is 3.65. The molecule has 4 aromatic rings. The number of anilines is 1. The predicted molar refractivity (Wildman–Crippen MR) is 110 cm³/mol. The highest BCUT2D eigenvalue weighted by Crippen LogP contribution is 2.32. The van der Waals surface area contributed by atoms with E-state index in [-0.39, 0.29) is 11.6 Å². The van der Waals surface area contributed by atoms with Gasteiger partial charge in [0, 0.05) is 30.4 Å². The smallest absolute Gasteiger partial charge is 0.297 e. The summed E-state index contributed by atoms with van der Waals surface area (Å²) < 4.78 is 30.0. The minimum Gasteiger partial charge on any atom is -0.351 e. The second-order valence-electron chi connectivity index (χ2n) is 7.39. The van der Waals surface area contributed by atoms with Crippen LogP contribution < -0.4 is 10.5 Å². The molecular formula is C21H19F2N7O. The number of hydrogen-bond donors (Lipinski definition) is 0. The van der Waals surface area contributed by atoms with Gasteiger partial charge in [-0.25, -0.2) is 28.4 Å². The monoisotopic (exact) mass is 423 g/mol. The second kappa shape index (κ2) is 7.86. The predicted octanol–water partition coefficient (Wildman–Crippen LogP) is 2.98. The largest absolute Gasteiger partial charge is 0.351 e. The van der Waals surface area contributed by atoms with E-state index in [9.17, 15) is 13.6 Å². The van der Waals surface area contributed by atoms with Gasteiger partial charge in [0.05, 0.1) is 18.1 Å². The first-order chi connectivity index (χ1) is 15.1. The molecule has 1 fully saturated rings. The van der Waals surface area contributed by atoms with Crippen LogP contribution in [-0.4, -0.2) is 41.9 Å². The molecule has 1 aliphatic rings. The summed E-state index contributed by atoms with van der Waals surface area (Å²) in [6.07, 6.45) is 3.89. The third-order valence-corrected chi connectivity index (χ3v) is 5.45. The SMILES string of the molecule is O=c1ccc(-n2ccnc2)nn1CC1CCCN1c1nc(C(F)F)nc2ccccc12. The molecule has 8 nitrogen and oxygen atoms in total. The number of rotatable bonds is 5. The maximum absolute atomic E-state index is 13.4. The van der Waals surface area contributed by atoms with Crippen molar-refractivity contribution in [3.05, 3.63) is 71.3 Å². The Bertz CT molecular complexity index is 1270. The Balaban J connectivity index is 1.52. The van der Waals surface area contributed by atoms with Gasteiger partial charge in [-0.15, -0.1) is 0 Å². The molecule has 1 aromatic carbocycles. The molecular weight excluding hydrogens is 404 g/mol. The minimum atomic E-state index is -2.76. The van der Waals surface area contributed by atoms with Gasteiger partial charge < -0.3 is 4.90 Å². The van der Waals surface area contributed by atoms with Gasteiger partial charge in [0.15, 0.2) is 11.6 Å². The van der Waals surface area contributed by atoms with E-state index < -0.39 is 12.2 Å². The lowest BCUT2D eigenvalue weighted by Crippen LogP contribution is -2.38. The Kier molecular flexibility index (Phi) is 4.89. The molecule has 158 valence electrons. The first-order valence-electron chi connectivity index (χ1n) is 9.98. The average molecular weight is 423 g/mol. The van der Waals surface area contributed by atoms with Crippen LogP contribution in [0.1, 0.15) is 25.1 Å². The molecule has 1 unspecified atom stereocenters. The van der Waals surface area contributed by atoms with Crippen LogP contribution in [0.15, 0.2) is 59.9 Å². The van der Waals surface area contributed by atoms with Crippen LogP contribution in [-0.2, 0) is 6.54 Å². The van der Waals surface area contributed by atoms with E-state index in [0.717, 1.165) is 12.8 Å². The molecule has 0 spiro atoms. The molecule has 0 N–H and O–H groups in total. The number of aromatic nitrogens is 6. The molecule has 1 saturated heterocycles. The quantitative estimate of drug-likeness (QED) is 0.491. The summed E-state index contributed by atoms with van der Waals surface area (Å²) in [6, 6.07) is 10.1. The molecule has 31 heavy (non-hydrogen) atoms. The molecule has 1 aliphatic heterocycles. The zero-order chi connectivity index (χ0) is 21.4. The number of halogens is 2. The number of fused-ring (bicyclic) bond motifs is 1. The first-order valence-corrected chi connectivity index (χ1v) is 9.98. The lowest BCUT2D eigenvalue weighted by molar-refractivity contribution is 0.141. The summed E-state index contributed by atoms with van der Waals surface area (Å²) in [7, 11) is 0. The van der Waals surface area contributed by atoms with Crippen LogP contribution >= 0.6 is 0 Å². The Labute approximate surface area is 175 Å². The van der Waals surface area contributed by atoms with Crippen molar-refractivity contribution in [2.45, 2.75) is 31.9 Å². The molecule has 0 aliphatic carbocycles. The van der Waals surface area contributed by atoms with Gasteiger partial charge in [-0.3, -0.25) is 9.36 Å². The van der Waals surface area contributed by atoms with Gasteiger partial charge in [0.25, 0.3) is 12.0 Å². The average Bonchev–Trinajstić information content (AvgIpc) is 3.47. The summed E-state index contributed by atoms with van der Waals surface area (Å²) in [5.41, 5.74) is 0.252. The van der Waals surface area contributed by atoms with Crippen molar-refractivity contribution >= 4 is 16.7 Å². The van der Waals surface area contributed by atoms with Crippen LogP contribution in [0.4, 0.5) is 14.6 Å². The van der Waals surface area contributed by atoms with E-state index in [4.69, 9.17) is 0 Å². The lowest BCUT2D eigenvalue weighted by atomic mass is 10.2.